The van der Waals surface area contributed by atoms with Crippen molar-refractivity contribution in [1.29, 1.82) is 0 Å². The van der Waals surface area contributed by atoms with E-state index in [0.29, 0.717) is 23.6 Å². The smallest absolute Gasteiger partial charge is 0.244 e. The number of hydrogen-bond acceptors (Lipinski definition) is 5. The molecule has 1 aliphatic rings. The fraction of sp³-hybridized carbons (Fsp3) is 0.692. The molecular weight excluding hydrogens is 278 g/mol. The number of hydrogen-bond donors (Lipinski definition) is 2. The van der Waals surface area contributed by atoms with Gasteiger partial charge in [0.15, 0.2) is 0 Å². The van der Waals surface area contributed by atoms with Gasteiger partial charge in [-0.2, -0.15) is 0 Å². The fourth-order valence-corrected chi connectivity index (χ4v) is 4.19. The number of nitrogens with zero attached hydrogens (tertiary/aromatic N) is 1. The molecule has 0 bridgehead atoms. The summed E-state index contributed by atoms with van der Waals surface area (Å²) in [6, 6.07) is 0. The van der Waals surface area contributed by atoms with Crippen LogP contribution in [0.4, 0.5) is 0 Å². The first-order valence-electron chi connectivity index (χ1n) is 6.96. The molecule has 7 heteroatoms. The molecular formula is C13H23N3O3S. The molecule has 0 unspecified atom stereocenters. The molecule has 0 radical (unpaired) electrons. The first-order valence-corrected chi connectivity index (χ1v) is 8.45. The number of sulfonamides is 1. The number of likely N-dealkylation sites (tertiary alicyclic amines) is 1. The summed E-state index contributed by atoms with van der Waals surface area (Å²) in [7, 11) is -3.55. The van der Waals surface area contributed by atoms with Crippen LogP contribution in [0.2, 0.25) is 0 Å². The lowest BCUT2D eigenvalue weighted by Gasteiger charge is -2.15. The van der Waals surface area contributed by atoms with Crippen molar-refractivity contribution < 1.29 is 12.8 Å². The number of nitrogens with one attached hydrogen (secondary N) is 1. The number of aryl methyl sites for hydroxylation is 2. The van der Waals surface area contributed by atoms with Gasteiger partial charge in [0, 0.05) is 25.2 Å². The molecule has 0 atom stereocenters. The first-order chi connectivity index (χ1) is 9.45. The molecule has 1 saturated heterocycles. The Morgan fingerprint density at radius 2 is 1.90 bits per heavy atom. The van der Waals surface area contributed by atoms with Gasteiger partial charge in [-0.1, -0.05) is 0 Å². The van der Waals surface area contributed by atoms with Crippen molar-refractivity contribution in [2.45, 2.75) is 38.1 Å². The molecule has 0 aromatic carbocycles. The molecule has 0 aliphatic carbocycles. The Labute approximate surface area is 120 Å². The zero-order chi connectivity index (χ0) is 14.8. The van der Waals surface area contributed by atoms with E-state index >= 15 is 0 Å². The number of nitrogens with two attached hydrogens (primary N) is 1. The standard InChI is InChI=1S/C13H23N3O3S/c1-10-12(9-14)13(11(2)19-10)20(17,18)15-5-8-16-6-3-4-7-16/h15H,3-9,14H2,1-2H3. The molecule has 114 valence electrons. The highest BCUT2D eigenvalue weighted by atomic mass is 32.2. The molecule has 3 N–H and O–H groups in total. The van der Waals surface area contributed by atoms with Gasteiger partial charge in [0.2, 0.25) is 10.0 Å². The zero-order valence-corrected chi connectivity index (χ0v) is 12.9. The van der Waals surface area contributed by atoms with Gasteiger partial charge >= 0.3 is 0 Å². The van der Waals surface area contributed by atoms with Crippen molar-refractivity contribution >= 4 is 10.0 Å². The number of furan rings is 1. The van der Waals surface area contributed by atoms with Gasteiger partial charge in [-0.25, -0.2) is 13.1 Å². The second-order valence-electron chi connectivity index (χ2n) is 5.17. The van der Waals surface area contributed by atoms with E-state index in [9.17, 15) is 8.42 Å². The number of rotatable bonds is 6. The third-order valence-electron chi connectivity index (χ3n) is 3.72. The molecule has 1 aliphatic heterocycles. The molecule has 0 amide bonds. The first kappa shape index (κ1) is 15.5. The molecule has 1 aromatic rings. The van der Waals surface area contributed by atoms with E-state index in [1.54, 1.807) is 13.8 Å². The maximum atomic E-state index is 12.4. The minimum absolute atomic E-state index is 0.158. The molecule has 20 heavy (non-hydrogen) atoms. The Morgan fingerprint density at radius 1 is 1.25 bits per heavy atom. The van der Waals surface area contributed by atoms with Crippen molar-refractivity contribution in [3.63, 3.8) is 0 Å². The van der Waals surface area contributed by atoms with Crippen LogP contribution in [-0.2, 0) is 16.6 Å². The summed E-state index contributed by atoms with van der Waals surface area (Å²) >= 11 is 0. The molecule has 1 fully saturated rings. The molecule has 2 heterocycles. The van der Waals surface area contributed by atoms with E-state index in [-0.39, 0.29) is 11.4 Å². The summed E-state index contributed by atoms with van der Waals surface area (Å²) in [6.45, 7) is 6.81. The monoisotopic (exact) mass is 301 g/mol. The van der Waals surface area contributed by atoms with Gasteiger partial charge in [-0.15, -0.1) is 0 Å². The third-order valence-corrected chi connectivity index (χ3v) is 5.37. The molecule has 0 spiro atoms. The molecule has 2 rings (SSSR count). The highest BCUT2D eigenvalue weighted by molar-refractivity contribution is 7.89. The van der Waals surface area contributed by atoms with Crippen molar-refractivity contribution in [2.24, 2.45) is 5.73 Å². The van der Waals surface area contributed by atoms with Gasteiger partial charge in [0.05, 0.1) is 0 Å². The predicted octanol–water partition coefficient (Wildman–Crippen LogP) is 0.729. The van der Waals surface area contributed by atoms with Crippen molar-refractivity contribution in [3.8, 4) is 0 Å². The van der Waals surface area contributed by atoms with Crippen LogP contribution >= 0.6 is 0 Å². The van der Waals surface area contributed by atoms with Crippen molar-refractivity contribution in [2.75, 3.05) is 26.2 Å². The van der Waals surface area contributed by atoms with E-state index in [0.717, 1.165) is 19.6 Å². The Bertz CT molecular complexity index is 560. The largest absolute Gasteiger partial charge is 0.465 e. The summed E-state index contributed by atoms with van der Waals surface area (Å²) in [5.74, 6) is 0.974. The van der Waals surface area contributed by atoms with Gasteiger partial charge < -0.3 is 15.1 Å². The predicted molar refractivity (Wildman–Crippen MR) is 76.9 cm³/mol. The summed E-state index contributed by atoms with van der Waals surface area (Å²) in [4.78, 5) is 2.47. The van der Waals surface area contributed by atoms with Gasteiger partial charge in [0.1, 0.15) is 16.4 Å². The minimum atomic E-state index is -3.55. The van der Waals surface area contributed by atoms with Crippen molar-refractivity contribution in [1.82, 2.24) is 9.62 Å². The quantitative estimate of drug-likeness (QED) is 0.808. The van der Waals surface area contributed by atoms with E-state index in [1.165, 1.54) is 12.8 Å². The van der Waals surface area contributed by atoms with Gasteiger partial charge in [0.25, 0.3) is 0 Å². The maximum absolute atomic E-state index is 12.4. The summed E-state index contributed by atoms with van der Waals surface area (Å²) in [5, 5.41) is 0. The lowest BCUT2D eigenvalue weighted by atomic mass is 10.2. The van der Waals surface area contributed by atoms with Crippen LogP contribution in [-0.4, -0.2) is 39.5 Å². The van der Waals surface area contributed by atoms with Crippen LogP contribution in [0.25, 0.3) is 0 Å². The second-order valence-corrected chi connectivity index (χ2v) is 6.88. The van der Waals surface area contributed by atoms with E-state index < -0.39 is 10.0 Å². The normalized spacial score (nSPS) is 16.9. The summed E-state index contributed by atoms with van der Waals surface area (Å²) in [5.41, 5.74) is 6.20. The minimum Gasteiger partial charge on any atom is -0.465 e. The Balaban J connectivity index is 2.06. The highest BCUT2D eigenvalue weighted by Gasteiger charge is 2.26. The van der Waals surface area contributed by atoms with E-state index in [4.69, 9.17) is 10.2 Å². The lowest BCUT2D eigenvalue weighted by molar-refractivity contribution is 0.344. The Morgan fingerprint density at radius 3 is 2.50 bits per heavy atom. The molecule has 6 nitrogen and oxygen atoms in total. The summed E-state index contributed by atoms with van der Waals surface area (Å²) < 4.78 is 32.8. The highest BCUT2D eigenvalue weighted by Crippen LogP contribution is 2.25. The van der Waals surface area contributed by atoms with Gasteiger partial charge in [-0.3, -0.25) is 0 Å². The topological polar surface area (TPSA) is 88.6 Å². The van der Waals surface area contributed by atoms with Crippen LogP contribution in [0.3, 0.4) is 0 Å². The van der Waals surface area contributed by atoms with E-state index in [2.05, 4.69) is 9.62 Å². The maximum Gasteiger partial charge on any atom is 0.244 e. The third kappa shape index (κ3) is 3.22. The van der Waals surface area contributed by atoms with Crippen LogP contribution in [0.1, 0.15) is 29.9 Å². The summed E-state index contributed by atoms with van der Waals surface area (Å²) in [6.07, 6.45) is 2.40. The second kappa shape index (κ2) is 6.26. The Hall–Kier alpha value is -0.890. The SMILES string of the molecule is Cc1oc(C)c(S(=O)(=O)NCCN2CCCC2)c1CN. The van der Waals surface area contributed by atoms with Crippen LogP contribution < -0.4 is 10.5 Å². The average Bonchev–Trinajstić information content (AvgIpc) is 2.96. The van der Waals surface area contributed by atoms with E-state index in [1.807, 2.05) is 0 Å². The average molecular weight is 301 g/mol. The van der Waals surface area contributed by atoms with Crippen LogP contribution in [0.15, 0.2) is 9.31 Å². The van der Waals surface area contributed by atoms with Crippen LogP contribution in [0, 0.1) is 13.8 Å². The Kier molecular flexibility index (Phi) is 4.85. The molecule has 0 saturated carbocycles. The zero-order valence-electron chi connectivity index (χ0n) is 12.1. The fourth-order valence-electron chi connectivity index (χ4n) is 2.71. The van der Waals surface area contributed by atoms with Crippen LogP contribution in [0.5, 0.6) is 0 Å². The molecule has 1 aromatic heterocycles. The lowest BCUT2D eigenvalue weighted by Crippen LogP contribution is -2.34. The van der Waals surface area contributed by atoms with Crippen molar-refractivity contribution in [3.05, 3.63) is 17.1 Å². The van der Waals surface area contributed by atoms with Gasteiger partial charge in [-0.05, 0) is 39.8 Å².